The second-order valence-corrected chi connectivity index (χ2v) is 5.67. The van der Waals surface area contributed by atoms with Crippen molar-refractivity contribution in [2.45, 2.75) is 0 Å². The van der Waals surface area contributed by atoms with E-state index < -0.39 is 0 Å². The van der Waals surface area contributed by atoms with E-state index in [9.17, 15) is 0 Å². The Hall–Kier alpha value is 0.610. The standard InChI is InChI=1S/C7H17IN3/c1-11(8)6-4-10(3-2-9)5-7-11/h2-7,9H2,1H3/q+1. The SMILES string of the molecule is C[N+]1(I)CCN(CCN)CC1. The molecule has 1 saturated heterocycles. The zero-order valence-electron chi connectivity index (χ0n) is 7.09. The minimum atomic E-state index is 0.797. The summed E-state index contributed by atoms with van der Waals surface area (Å²) in [5, 5.41) is 0. The molecule has 2 N–H and O–H groups in total. The molecule has 4 heteroatoms. The predicted molar refractivity (Wildman–Crippen MR) is 55.4 cm³/mol. The molecule has 0 aromatic heterocycles. The Labute approximate surface area is 82.6 Å². The maximum absolute atomic E-state index is 5.48. The van der Waals surface area contributed by atoms with Gasteiger partial charge in [0, 0.05) is 26.2 Å². The van der Waals surface area contributed by atoms with Gasteiger partial charge in [0.25, 0.3) is 0 Å². The van der Waals surface area contributed by atoms with Crippen molar-refractivity contribution in [1.29, 1.82) is 0 Å². The zero-order chi connectivity index (χ0) is 8.32. The van der Waals surface area contributed by atoms with Gasteiger partial charge in [-0.2, -0.15) is 0 Å². The minimum Gasteiger partial charge on any atom is -0.329 e. The first-order valence-electron chi connectivity index (χ1n) is 4.11. The van der Waals surface area contributed by atoms with Crippen molar-refractivity contribution in [3.8, 4) is 0 Å². The van der Waals surface area contributed by atoms with E-state index in [1.807, 2.05) is 0 Å². The Morgan fingerprint density at radius 1 is 1.45 bits per heavy atom. The molecule has 1 aliphatic rings. The van der Waals surface area contributed by atoms with Crippen LogP contribution in [0.5, 0.6) is 0 Å². The molecule has 0 aromatic carbocycles. The van der Waals surface area contributed by atoms with Crippen LogP contribution in [0.3, 0.4) is 0 Å². The van der Waals surface area contributed by atoms with E-state index in [-0.39, 0.29) is 0 Å². The summed E-state index contributed by atoms with van der Waals surface area (Å²) in [5.74, 6) is 0. The van der Waals surface area contributed by atoms with E-state index >= 15 is 0 Å². The number of hydrogen-bond donors (Lipinski definition) is 1. The zero-order valence-corrected chi connectivity index (χ0v) is 9.25. The highest BCUT2D eigenvalue weighted by Crippen LogP contribution is 2.15. The molecule has 0 unspecified atom stereocenters. The first-order chi connectivity index (χ1) is 5.14. The van der Waals surface area contributed by atoms with Crippen LogP contribution >= 0.6 is 22.9 Å². The number of halogens is 1. The van der Waals surface area contributed by atoms with Crippen molar-refractivity contribution in [2.24, 2.45) is 5.73 Å². The largest absolute Gasteiger partial charge is 0.329 e. The van der Waals surface area contributed by atoms with Crippen LogP contribution in [0.25, 0.3) is 0 Å². The molecule has 0 radical (unpaired) electrons. The van der Waals surface area contributed by atoms with Crippen LogP contribution < -0.4 is 5.73 Å². The van der Waals surface area contributed by atoms with Gasteiger partial charge in [-0.15, -0.1) is 0 Å². The monoisotopic (exact) mass is 270 g/mol. The molecule has 1 aliphatic heterocycles. The highest BCUT2D eigenvalue weighted by atomic mass is 127. The Morgan fingerprint density at radius 2 is 2.00 bits per heavy atom. The lowest BCUT2D eigenvalue weighted by Gasteiger charge is -2.36. The summed E-state index contributed by atoms with van der Waals surface area (Å²) in [6.07, 6.45) is 0. The number of rotatable bonds is 2. The topological polar surface area (TPSA) is 29.3 Å². The Bertz CT molecular complexity index is 117. The fraction of sp³-hybridized carbons (Fsp3) is 1.00. The van der Waals surface area contributed by atoms with E-state index in [2.05, 4.69) is 34.8 Å². The summed E-state index contributed by atoms with van der Waals surface area (Å²) >= 11 is 2.51. The molecule has 0 amide bonds. The Morgan fingerprint density at radius 3 is 2.45 bits per heavy atom. The third-order valence-corrected chi connectivity index (χ3v) is 3.18. The van der Waals surface area contributed by atoms with Crippen molar-refractivity contribution in [3.63, 3.8) is 0 Å². The summed E-state index contributed by atoms with van der Waals surface area (Å²) in [6, 6.07) is 0. The lowest BCUT2D eigenvalue weighted by Crippen LogP contribution is -2.51. The molecule has 0 aromatic rings. The van der Waals surface area contributed by atoms with E-state index in [0.29, 0.717) is 0 Å². The number of quaternary nitrogens is 1. The maximum Gasteiger partial charge on any atom is 0.248 e. The van der Waals surface area contributed by atoms with Crippen molar-refractivity contribution < 1.29 is 2.70 Å². The second kappa shape index (κ2) is 4.02. The molecule has 3 nitrogen and oxygen atoms in total. The van der Waals surface area contributed by atoms with Gasteiger partial charge in [-0.25, -0.2) is 0 Å². The normalized spacial score (nSPS) is 25.4. The maximum atomic E-state index is 5.48. The lowest BCUT2D eigenvalue weighted by molar-refractivity contribution is -0.737. The van der Waals surface area contributed by atoms with Crippen molar-refractivity contribution in [3.05, 3.63) is 0 Å². The van der Waals surface area contributed by atoms with E-state index in [1.54, 1.807) is 0 Å². The van der Waals surface area contributed by atoms with Gasteiger partial charge in [-0.1, -0.05) is 0 Å². The molecule has 0 spiro atoms. The van der Waals surface area contributed by atoms with Crippen LogP contribution in [0.15, 0.2) is 0 Å². The van der Waals surface area contributed by atoms with Crippen LogP contribution in [0.4, 0.5) is 0 Å². The molecule has 66 valence electrons. The average Bonchev–Trinajstić information content (AvgIpc) is 1.94. The van der Waals surface area contributed by atoms with Crippen LogP contribution in [0, 0.1) is 0 Å². The van der Waals surface area contributed by atoms with Gasteiger partial charge < -0.3 is 5.73 Å². The van der Waals surface area contributed by atoms with Gasteiger partial charge in [0.05, 0.1) is 20.1 Å². The summed E-state index contributed by atoms with van der Waals surface area (Å²) < 4.78 is 1.14. The fourth-order valence-electron chi connectivity index (χ4n) is 1.33. The van der Waals surface area contributed by atoms with Gasteiger partial charge in [0.1, 0.15) is 0 Å². The minimum absolute atomic E-state index is 0.797. The molecule has 0 bridgehead atoms. The molecule has 1 fully saturated rings. The molecular formula is C7H17IN3+. The van der Waals surface area contributed by atoms with E-state index in [0.717, 1.165) is 15.8 Å². The van der Waals surface area contributed by atoms with Gasteiger partial charge >= 0.3 is 0 Å². The number of piperazine rings is 1. The number of likely N-dealkylation sites (N-methyl/N-ethyl adjacent to an activating group) is 1. The first kappa shape index (κ1) is 9.70. The second-order valence-electron chi connectivity index (χ2n) is 3.34. The molecule has 1 heterocycles. The first-order valence-corrected chi connectivity index (χ1v) is 5.07. The van der Waals surface area contributed by atoms with Crippen LogP contribution in [-0.4, -0.2) is 53.9 Å². The number of nitrogens with two attached hydrogens (primary N) is 1. The average molecular weight is 270 g/mol. The van der Waals surface area contributed by atoms with Gasteiger partial charge in [-0.3, -0.25) is 7.60 Å². The van der Waals surface area contributed by atoms with Gasteiger partial charge in [-0.05, 0) is 0 Å². The van der Waals surface area contributed by atoms with E-state index in [1.165, 1.54) is 26.2 Å². The third kappa shape index (κ3) is 3.23. The van der Waals surface area contributed by atoms with Gasteiger partial charge in [0.2, 0.25) is 22.9 Å². The quantitative estimate of drug-likeness (QED) is 0.568. The smallest absolute Gasteiger partial charge is 0.248 e. The summed E-state index contributed by atoms with van der Waals surface area (Å²) in [7, 11) is 2.28. The highest BCUT2D eigenvalue weighted by Gasteiger charge is 2.25. The van der Waals surface area contributed by atoms with Crippen LogP contribution in [0.1, 0.15) is 0 Å². The molecule has 1 rings (SSSR count). The van der Waals surface area contributed by atoms with Crippen LogP contribution in [0.2, 0.25) is 0 Å². The van der Waals surface area contributed by atoms with Crippen molar-refractivity contribution >= 4 is 22.9 Å². The van der Waals surface area contributed by atoms with Gasteiger partial charge in [0.15, 0.2) is 0 Å². The summed E-state index contributed by atoms with van der Waals surface area (Å²) in [4.78, 5) is 2.44. The number of hydrogen-bond acceptors (Lipinski definition) is 2. The summed E-state index contributed by atoms with van der Waals surface area (Å²) in [5.41, 5.74) is 5.48. The third-order valence-electron chi connectivity index (χ3n) is 2.21. The molecule has 0 atom stereocenters. The van der Waals surface area contributed by atoms with E-state index in [4.69, 9.17) is 5.73 Å². The Balaban J connectivity index is 2.25. The lowest BCUT2D eigenvalue weighted by atomic mass is 10.3. The predicted octanol–water partition coefficient (Wildman–Crippen LogP) is 0.0573. The molecule has 0 aliphatic carbocycles. The van der Waals surface area contributed by atoms with Crippen molar-refractivity contribution in [2.75, 3.05) is 46.3 Å². The molecule has 11 heavy (non-hydrogen) atoms. The molecule has 0 saturated carbocycles. The highest BCUT2D eigenvalue weighted by molar-refractivity contribution is 14.1. The Kier molecular flexibility index (Phi) is 3.54. The number of nitrogens with zero attached hydrogens (tertiary/aromatic N) is 2. The van der Waals surface area contributed by atoms with Crippen molar-refractivity contribution in [1.82, 2.24) is 4.90 Å². The molecular weight excluding hydrogens is 253 g/mol. The van der Waals surface area contributed by atoms with Crippen LogP contribution in [-0.2, 0) is 0 Å². The fourth-order valence-corrected chi connectivity index (χ4v) is 1.76. The summed E-state index contributed by atoms with van der Waals surface area (Å²) in [6.45, 7) is 6.77.